The van der Waals surface area contributed by atoms with Gasteiger partial charge in [0.1, 0.15) is 0 Å². The van der Waals surface area contributed by atoms with Crippen LogP contribution in [0.25, 0.3) is 0 Å². The Balaban J connectivity index is 2.41. The summed E-state index contributed by atoms with van der Waals surface area (Å²) in [5.74, 6) is 8.50. The van der Waals surface area contributed by atoms with Gasteiger partial charge in [0, 0.05) is 0 Å². The van der Waals surface area contributed by atoms with Gasteiger partial charge >= 0.3 is 0 Å². The molecular formula is C9H19NOS. The van der Waals surface area contributed by atoms with Crippen LogP contribution >= 0.6 is 11.8 Å². The van der Waals surface area contributed by atoms with Gasteiger partial charge in [-0.1, -0.05) is 13.8 Å². The highest BCUT2D eigenvalue weighted by atomic mass is 32.2. The first kappa shape index (κ1) is 10.4. The molecule has 0 bridgehead atoms. The normalized spacial score (nSPS) is 25.8. The Morgan fingerprint density at radius 1 is 1.58 bits per heavy atom. The maximum Gasteiger partial charge on any atom is 0.0733 e. The zero-order valence-electron chi connectivity index (χ0n) is 8.01. The van der Waals surface area contributed by atoms with Crippen LogP contribution < -0.4 is 5.90 Å². The van der Waals surface area contributed by atoms with E-state index in [9.17, 15) is 0 Å². The Hall–Kier alpha value is 0.270. The fourth-order valence-electron chi connectivity index (χ4n) is 1.69. The maximum atomic E-state index is 5.11. The van der Waals surface area contributed by atoms with Crippen molar-refractivity contribution in [2.24, 2.45) is 17.2 Å². The Morgan fingerprint density at radius 3 is 2.83 bits per heavy atom. The summed E-state index contributed by atoms with van der Waals surface area (Å²) < 4.78 is 0. The van der Waals surface area contributed by atoms with Gasteiger partial charge in [-0.05, 0) is 35.7 Å². The molecule has 0 aromatic carbocycles. The maximum absolute atomic E-state index is 5.11. The zero-order valence-corrected chi connectivity index (χ0v) is 8.82. The van der Waals surface area contributed by atoms with Crippen molar-refractivity contribution in [2.45, 2.75) is 26.7 Å². The third-order valence-electron chi connectivity index (χ3n) is 2.72. The van der Waals surface area contributed by atoms with Gasteiger partial charge in [-0.3, -0.25) is 0 Å². The molecule has 0 aromatic heterocycles. The van der Waals surface area contributed by atoms with Crippen molar-refractivity contribution < 1.29 is 4.84 Å². The van der Waals surface area contributed by atoms with Crippen molar-refractivity contribution >= 4 is 11.8 Å². The molecule has 0 amide bonds. The number of rotatable bonds is 3. The first-order chi connectivity index (χ1) is 5.67. The summed E-state index contributed by atoms with van der Waals surface area (Å²) in [6.45, 7) is 5.17. The van der Waals surface area contributed by atoms with Crippen LogP contribution in [0, 0.1) is 11.3 Å². The van der Waals surface area contributed by atoms with Gasteiger partial charge in [-0.15, -0.1) is 0 Å². The van der Waals surface area contributed by atoms with E-state index >= 15 is 0 Å². The molecule has 0 aromatic rings. The van der Waals surface area contributed by atoms with Crippen molar-refractivity contribution in [1.82, 2.24) is 0 Å². The molecule has 1 fully saturated rings. The van der Waals surface area contributed by atoms with Crippen LogP contribution in [-0.4, -0.2) is 18.1 Å². The number of hydrogen-bond acceptors (Lipinski definition) is 3. The second-order valence-electron chi connectivity index (χ2n) is 4.21. The molecule has 0 aliphatic carbocycles. The molecule has 1 rings (SSSR count). The minimum atomic E-state index is 0.252. The average Bonchev–Trinajstić information content (AvgIpc) is 2.06. The summed E-state index contributed by atoms with van der Waals surface area (Å²) in [7, 11) is 0. The number of hydrogen-bond donors (Lipinski definition) is 1. The first-order valence-corrected chi connectivity index (χ1v) is 5.72. The molecule has 1 aliphatic heterocycles. The van der Waals surface area contributed by atoms with Gasteiger partial charge in [0.15, 0.2) is 0 Å². The minimum absolute atomic E-state index is 0.252. The third-order valence-corrected chi connectivity index (χ3v) is 3.94. The monoisotopic (exact) mass is 189 g/mol. The van der Waals surface area contributed by atoms with E-state index in [0.717, 1.165) is 5.92 Å². The molecule has 72 valence electrons. The molecule has 12 heavy (non-hydrogen) atoms. The third kappa shape index (κ3) is 2.64. The van der Waals surface area contributed by atoms with Crippen LogP contribution in [-0.2, 0) is 4.84 Å². The predicted octanol–water partition coefficient (Wildman–Crippen LogP) is 2.05. The fourth-order valence-corrected chi connectivity index (χ4v) is 3.13. The molecule has 1 aliphatic rings. The van der Waals surface area contributed by atoms with Crippen LogP contribution in [0.15, 0.2) is 0 Å². The van der Waals surface area contributed by atoms with Crippen LogP contribution in [0.3, 0.4) is 0 Å². The molecule has 2 nitrogen and oxygen atoms in total. The molecule has 0 saturated carbocycles. The standard InChI is InChI=1S/C9H19NOS/c1-9(2,7-11-10)8-4-3-5-12-6-8/h8H,3-7,10H2,1-2H3. The molecular weight excluding hydrogens is 170 g/mol. The van der Waals surface area contributed by atoms with Crippen LogP contribution in [0.4, 0.5) is 0 Å². The van der Waals surface area contributed by atoms with Crippen LogP contribution in [0.5, 0.6) is 0 Å². The highest BCUT2D eigenvalue weighted by Crippen LogP contribution is 2.36. The Labute approximate surface area is 79.2 Å². The molecule has 2 N–H and O–H groups in total. The van der Waals surface area contributed by atoms with E-state index in [1.807, 2.05) is 0 Å². The fraction of sp³-hybridized carbons (Fsp3) is 1.00. The van der Waals surface area contributed by atoms with E-state index in [0.29, 0.717) is 6.61 Å². The molecule has 1 atom stereocenters. The van der Waals surface area contributed by atoms with Crippen LogP contribution in [0.2, 0.25) is 0 Å². The van der Waals surface area contributed by atoms with E-state index in [1.165, 1.54) is 24.3 Å². The lowest BCUT2D eigenvalue weighted by Gasteiger charge is -2.35. The highest BCUT2D eigenvalue weighted by molar-refractivity contribution is 7.99. The number of thioether (sulfide) groups is 1. The minimum Gasteiger partial charge on any atom is -0.304 e. The second kappa shape index (κ2) is 4.49. The van der Waals surface area contributed by atoms with E-state index < -0.39 is 0 Å². The van der Waals surface area contributed by atoms with Crippen molar-refractivity contribution in [3.8, 4) is 0 Å². The SMILES string of the molecule is CC(C)(CON)C1CCCSC1. The largest absolute Gasteiger partial charge is 0.304 e. The van der Waals surface area contributed by atoms with Crippen LogP contribution in [0.1, 0.15) is 26.7 Å². The Kier molecular flexibility index (Phi) is 3.87. The summed E-state index contributed by atoms with van der Waals surface area (Å²) in [6.07, 6.45) is 2.69. The Bertz CT molecular complexity index is 132. The van der Waals surface area contributed by atoms with Gasteiger partial charge in [0.05, 0.1) is 6.61 Å². The zero-order chi connectivity index (χ0) is 9.03. The molecule has 3 heteroatoms. The summed E-state index contributed by atoms with van der Waals surface area (Å²) in [4.78, 5) is 4.75. The quantitative estimate of drug-likeness (QED) is 0.690. The smallest absolute Gasteiger partial charge is 0.0733 e. The van der Waals surface area contributed by atoms with Crippen molar-refractivity contribution in [2.75, 3.05) is 18.1 Å². The molecule has 1 heterocycles. The topological polar surface area (TPSA) is 35.2 Å². The van der Waals surface area contributed by atoms with Gasteiger partial charge in [-0.25, -0.2) is 5.90 Å². The summed E-state index contributed by atoms with van der Waals surface area (Å²) in [5, 5.41) is 0. The van der Waals surface area contributed by atoms with Gasteiger partial charge in [0.2, 0.25) is 0 Å². The Morgan fingerprint density at radius 2 is 2.33 bits per heavy atom. The molecule has 1 unspecified atom stereocenters. The van der Waals surface area contributed by atoms with Crippen molar-refractivity contribution in [1.29, 1.82) is 0 Å². The predicted molar refractivity (Wildman–Crippen MR) is 54.0 cm³/mol. The van der Waals surface area contributed by atoms with Gasteiger partial charge in [-0.2, -0.15) is 11.8 Å². The van der Waals surface area contributed by atoms with Crippen molar-refractivity contribution in [3.05, 3.63) is 0 Å². The lowest BCUT2D eigenvalue weighted by Crippen LogP contribution is -2.33. The highest BCUT2D eigenvalue weighted by Gasteiger charge is 2.30. The molecule has 0 radical (unpaired) electrons. The van der Waals surface area contributed by atoms with E-state index in [1.54, 1.807) is 0 Å². The average molecular weight is 189 g/mol. The van der Waals surface area contributed by atoms with Gasteiger partial charge in [0.25, 0.3) is 0 Å². The molecule has 1 saturated heterocycles. The van der Waals surface area contributed by atoms with Crippen molar-refractivity contribution in [3.63, 3.8) is 0 Å². The lowest BCUT2D eigenvalue weighted by molar-refractivity contribution is 0.0309. The number of nitrogens with two attached hydrogens (primary N) is 1. The van der Waals surface area contributed by atoms with Gasteiger partial charge < -0.3 is 4.84 Å². The van der Waals surface area contributed by atoms with E-state index in [4.69, 9.17) is 10.7 Å². The summed E-state index contributed by atoms with van der Waals surface area (Å²) in [5.41, 5.74) is 0.252. The first-order valence-electron chi connectivity index (χ1n) is 4.56. The summed E-state index contributed by atoms with van der Waals surface area (Å²) in [6, 6.07) is 0. The second-order valence-corrected chi connectivity index (χ2v) is 5.36. The molecule has 0 spiro atoms. The van der Waals surface area contributed by atoms with E-state index in [-0.39, 0.29) is 5.41 Å². The van der Waals surface area contributed by atoms with E-state index in [2.05, 4.69) is 25.6 Å². The summed E-state index contributed by atoms with van der Waals surface area (Å²) >= 11 is 2.06. The lowest BCUT2D eigenvalue weighted by atomic mass is 9.78.